The molecule has 0 saturated heterocycles. The van der Waals surface area contributed by atoms with Crippen molar-refractivity contribution in [2.45, 2.75) is 13.3 Å². The summed E-state index contributed by atoms with van der Waals surface area (Å²) in [6.45, 7) is 5.34. The lowest BCUT2D eigenvalue weighted by molar-refractivity contribution is 0.782. The minimum atomic E-state index is 1.05. The van der Waals surface area contributed by atoms with E-state index in [4.69, 9.17) is 0 Å². The number of nitrogens with zero attached hydrogens (tertiary/aromatic N) is 1. The van der Waals surface area contributed by atoms with Gasteiger partial charge in [-0.15, -0.1) is 0 Å². The van der Waals surface area contributed by atoms with E-state index in [9.17, 15) is 0 Å². The Morgan fingerprint density at radius 2 is 2.27 bits per heavy atom. The number of hydrogen-bond acceptors (Lipinski definition) is 2. The fraction of sp³-hybridized carbons (Fsp3) is 0.385. The van der Waals surface area contributed by atoms with Gasteiger partial charge in [0, 0.05) is 19.6 Å². The summed E-state index contributed by atoms with van der Waals surface area (Å²) in [5.41, 5.74) is 2.61. The molecule has 2 rings (SSSR count). The predicted octanol–water partition coefficient (Wildman–Crippen LogP) is 2.88. The maximum Gasteiger partial charge on any atom is 0.0602 e. The summed E-state index contributed by atoms with van der Waals surface area (Å²) in [5.74, 6) is 0. The van der Waals surface area contributed by atoms with Crippen LogP contribution >= 0.6 is 0 Å². The molecule has 15 heavy (non-hydrogen) atoms. The third-order valence-electron chi connectivity index (χ3n) is 2.74. The lowest BCUT2D eigenvalue weighted by Crippen LogP contribution is -2.34. The molecule has 0 bridgehead atoms. The van der Waals surface area contributed by atoms with Crippen LogP contribution in [0.1, 0.15) is 13.3 Å². The van der Waals surface area contributed by atoms with Crippen LogP contribution in [0, 0.1) is 0 Å². The molecule has 2 nitrogen and oxygen atoms in total. The highest BCUT2D eigenvalue weighted by Gasteiger charge is 2.14. The Kier molecular flexibility index (Phi) is 3.28. The topological polar surface area (TPSA) is 15.3 Å². The smallest absolute Gasteiger partial charge is 0.0602 e. The summed E-state index contributed by atoms with van der Waals surface area (Å²) >= 11 is 0. The number of anilines is 2. The minimum Gasteiger partial charge on any atom is -0.382 e. The molecule has 0 amide bonds. The second-order valence-electron chi connectivity index (χ2n) is 3.79. The van der Waals surface area contributed by atoms with Gasteiger partial charge in [0.25, 0.3) is 0 Å². The fourth-order valence-electron chi connectivity index (χ4n) is 1.97. The SMILES string of the molecule is CC=CCCN1CCNc2ccccc21. The molecule has 0 spiro atoms. The second-order valence-corrected chi connectivity index (χ2v) is 3.79. The molecule has 0 radical (unpaired) electrons. The van der Waals surface area contributed by atoms with Gasteiger partial charge in [-0.25, -0.2) is 0 Å². The van der Waals surface area contributed by atoms with Crippen molar-refractivity contribution in [3.8, 4) is 0 Å². The summed E-state index contributed by atoms with van der Waals surface area (Å²) in [6.07, 6.45) is 5.48. The number of allylic oxidation sites excluding steroid dienone is 1. The molecule has 2 heteroatoms. The normalized spacial score (nSPS) is 15.1. The van der Waals surface area contributed by atoms with Gasteiger partial charge in [-0.1, -0.05) is 24.3 Å². The van der Waals surface area contributed by atoms with E-state index in [1.807, 2.05) is 0 Å². The van der Waals surface area contributed by atoms with Crippen LogP contribution in [0.2, 0.25) is 0 Å². The van der Waals surface area contributed by atoms with Crippen molar-refractivity contribution >= 4 is 11.4 Å². The summed E-state index contributed by atoms with van der Waals surface area (Å²) in [7, 11) is 0. The second kappa shape index (κ2) is 4.87. The van der Waals surface area contributed by atoms with Gasteiger partial charge in [0.1, 0.15) is 0 Å². The molecule has 1 heterocycles. The Morgan fingerprint density at radius 3 is 3.13 bits per heavy atom. The Morgan fingerprint density at radius 1 is 1.40 bits per heavy atom. The van der Waals surface area contributed by atoms with Crippen LogP contribution in [0.25, 0.3) is 0 Å². The largest absolute Gasteiger partial charge is 0.382 e. The zero-order valence-corrected chi connectivity index (χ0v) is 9.24. The van der Waals surface area contributed by atoms with Crippen LogP contribution in [0.3, 0.4) is 0 Å². The Hall–Kier alpha value is -1.44. The van der Waals surface area contributed by atoms with E-state index in [0.29, 0.717) is 0 Å². The van der Waals surface area contributed by atoms with Crippen molar-refractivity contribution in [2.24, 2.45) is 0 Å². The number of fused-ring (bicyclic) bond motifs is 1. The third-order valence-corrected chi connectivity index (χ3v) is 2.74. The third kappa shape index (κ3) is 2.32. The maximum atomic E-state index is 3.42. The first-order valence-electron chi connectivity index (χ1n) is 5.61. The average molecular weight is 202 g/mol. The number of benzene rings is 1. The maximum absolute atomic E-state index is 3.42. The number of para-hydroxylation sites is 2. The van der Waals surface area contributed by atoms with Crippen LogP contribution in [0.15, 0.2) is 36.4 Å². The zero-order valence-electron chi connectivity index (χ0n) is 9.24. The van der Waals surface area contributed by atoms with E-state index in [1.165, 1.54) is 11.4 Å². The van der Waals surface area contributed by atoms with E-state index >= 15 is 0 Å². The molecular weight excluding hydrogens is 184 g/mol. The van der Waals surface area contributed by atoms with Gasteiger partial charge in [-0.2, -0.15) is 0 Å². The number of hydrogen-bond donors (Lipinski definition) is 1. The van der Waals surface area contributed by atoms with E-state index < -0.39 is 0 Å². The molecule has 0 unspecified atom stereocenters. The van der Waals surface area contributed by atoms with Crippen molar-refractivity contribution in [2.75, 3.05) is 29.9 Å². The summed E-state index contributed by atoms with van der Waals surface area (Å²) in [5, 5.41) is 3.42. The lowest BCUT2D eigenvalue weighted by Gasteiger charge is -2.31. The van der Waals surface area contributed by atoms with Gasteiger partial charge in [0.15, 0.2) is 0 Å². The standard InChI is InChI=1S/C13H18N2/c1-2-3-6-10-15-11-9-14-12-7-4-5-8-13(12)15/h2-5,7-8,14H,6,9-11H2,1H3. The summed E-state index contributed by atoms with van der Waals surface area (Å²) in [4.78, 5) is 2.45. The molecular formula is C13H18N2. The van der Waals surface area contributed by atoms with Gasteiger partial charge < -0.3 is 10.2 Å². The molecule has 1 aromatic rings. The molecule has 0 atom stereocenters. The summed E-state index contributed by atoms with van der Waals surface area (Å²) < 4.78 is 0. The zero-order chi connectivity index (χ0) is 10.5. The molecule has 0 aliphatic carbocycles. The van der Waals surface area contributed by atoms with Crippen LogP contribution < -0.4 is 10.2 Å². The first-order chi connectivity index (χ1) is 7.42. The molecule has 0 saturated carbocycles. The van der Waals surface area contributed by atoms with Crippen LogP contribution in [0.5, 0.6) is 0 Å². The van der Waals surface area contributed by atoms with E-state index in [1.54, 1.807) is 0 Å². The highest BCUT2D eigenvalue weighted by molar-refractivity contribution is 5.71. The van der Waals surface area contributed by atoms with Crippen molar-refractivity contribution in [3.05, 3.63) is 36.4 Å². The highest BCUT2D eigenvalue weighted by Crippen LogP contribution is 2.28. The van der Waals surface area contributed by atoms with Gasteiger partial charge >= 0.3 is 0 Å². The Bertz CT molecular complexity index is 344. The van der Waals surface area contributed by atoms with Crippen molar-refractivity contribution < 1.29 is 0 Å². The molecule has 1 aliphatic rings. The minimum absolute atomic E-state index is 1.05. The summed E-state index contributed by atoms with van der Waals surface area (Å²) in [6, 6.07) is 8.53. The molecule has 80 valence electrons. The van der Waals surface area contributed by atoms with E-state index in [0.717, 1.165) is 26.1 Å². The monoisotopic (exact) mass is 202 g/mol. The van der Waals surface area contributed by atoms with Gasteiger partial charge in [0.05, 0.1) is 11.4 Å². The predicted molar refractivity (Wildman–Crippen MR) is 66.6 cm³/mol. The van der Waals surface area contributed by atoms with Gasteiger partial charge in [-0.05, 0) is 25.5 Å². The molecule has 1 aliphatic heterocycles. The quantitative estimate of drug-likeness (QED) is 0.758. The first-order valence-corrected chi connectivity index (χ1v) is 5.61. The average Bonchev–Trinajstić information content (AvgIpc) is 2.30. The molecule has 1 N–H and O–H groups in total. The van der Waals surface area contributed by atoms with E-state index in [-0.39, 0.29) is 0 Å². The molecule has 1 aromatic carbocycles. The van der Waals surface area contributed by atoms with Crippen LogP contribution in [-0.4, -0.2) is 19.6 Å². The number of nitrogens with one attached hydrogen (secondary N) is 1. The van der Waals surface area contributed by atoms with Crippen LogP contribution in [0.4, 0.5) is 11.4 Å². The first kappa shape index (κ1) is 10.1. The fourth-order valence-corrected chi connectivity index (χ4v) is 1.97. The Balaban J connectivity index is 2.08. The van der Waals surface area contributed by atoms with Crippen molar-refractivity contribution in [1.82, 2.24) is 0 Å². The molecule has 0 aromatic heterocycles. The number of rotatable bonds is 3. The van der Waals surface area contributed by atoms with E-state index in [2.05, 4.69) is 53.6 Å². The van der Waals surface area contributed by atoms with Gasteiger partial charge in [-0.3, -0.25) is 0 Å². The Labute approximate surface area is 91.6 Å². The van der Waals surface area contributed by atoms with Crippen molar-refractivity contribution in [1.29, 1.82) is 0 Å². The lowest BCUT2D eigenvalue weighted by atomic mass is 10.2. The van der Waals surface area contributed by atoms with Crippen LogP contribution in [-0.2, 0) is 0 Å². The van der Waals surface area contributed by atoms with Gasteiger partial charge in [0.2, 0.25) is 0 Å². The molecule has 0 fully saturated rings. The van der Waals surface area contributed by atoms with Crippen molar-refractivity contribution in [3.63, 3.8) is 0 Å². The highest BCUT2D eigenvalue weighted by atomic mass is 15.2.